The molecule has 1 amide bonds. The second-order valence-electron chi connectivity index (χ2n) is 3.44. The zero-order valence-corrected chi connectivity index (χ0v) is 8.66. The van der Waals surface area contributed by atoms with E-state index in [1.54, 1.807) is 0 Å². The third-order valence-electron chi connectivity index (χ3n) is 1.55. The van der Waals surface area contributed by atoms with Crippen molar-refractivity contribution in [2.45, 2.75) is 26.7 Å². The highest BCUT2D eigenvalue weighted by atomic mass is 16.5. The lowest BCUT2D eigenvalue weighted by Crippen LogP contribution is -2.08. The number of hydrogen-bond acceptors (Lipinski definition) is 3. The van der Waals surface area contributed by atoms with Crippen LogP contribution in [0.4, 0.5) is 0 Å². The maximum atomic E-state index is 10.9. The lowest BCUT2D eigenvalue weighted by atomic mass is 10.1. The molecule has 0 heterocycles. The maximum Gasteiger partial charge on any atom is 0.330 e. The van der Waals surface area contributed by atoms with Crippen LogP contribution in [0.3, 0.4) is 0 Å². The van der Waals surface area contributed by atoms with Crippen LogP contribution in [0, 0.1) is 5.92 Å². The number of esters is 1. The molecule has 0 aromatic rings. The van der Waals surface area contributed by atoms with E-state index in [2.05, 4.69) is 13.8 Å². The van der Waals surface area contributed by atoms with Crippen LogP contribution in [0.1, 0.15) is 26.7 Å². The molecule has 0 fully saturated rings. The Labute approximate surface area is 84.1 Å². The zero-order valence-electron chi connectivity index (χ0n) is 8.66. The van der Waals surface area contributed by atoms with Crippen molar-refractivity contribution in [1.29, 1.82) is 0 Å². The van der Waals surface area contributed by atoms with Crippen molar-refractivity contribution in [3.05, 3.63) is 12.2 Å². The molecule has 0 aromatic heterocycles. The van der Waals surface area contributed by atoms with Crippen LogP contribution in [-0.2, 0) is 14.3 Å². The van der Waals surface area contributed by atoms with Gasteiger partial charge in [0.2, 0.25) is 5.91 Å². The molecule has 0 radical (unpaired) electrons. The number of primary amides is 1. The van der Waals surface area contributed by atoms with Gasteiger partial charge in [0.25, 0.3) is 0 Å². The first-order valence-electron chi connectivity index (χ1n) is 4.66. The van der Waals surface area contributed by atoms with E-state index < -0.39 is 11.9 Å². The number of hydrogen-bond donors (Lipinski definition) is 1. The van der Waals surface area contributed by atoms with Gasteiger partial charge in [-0.25, -0.2) is 4.79 Å². The molecule has 0 aliphatic rings. The average Bonchev–Trinajstić information content (AvgIpc) is 2.08. The summed E-state index contributed by atoms with van der Waals surface area (Å²) in [4.78, 5) is 21.1. The Kier molecular flexibility index (Phi) is 6.45. The fourth-order valence-corrected chi connectivity index (χ4v) is 0.863. The molecular weight excluding hydrogens is 182 g/mol. The highest BCUT2D eigenvalue weighted by Gasteiger charge is 1.98. The normalized spacial score (nSPS) is 10.8. The zero-order chi connectivity index (χ0) is 11.0. The Bertz CT molecular complexity index is 221. The third-order valence-corrected chi connectivity index (χ3v) is 1.55. The van der Waals surface area contributed by atoms with Gasteiger partial charge >= 0.3 is 5.97 Å². The molecule has 14 heavy (non-hydrogen) atoms. The highest BCUT2D eigenvalue weighted by molar-refractivity contribution is 5.93. The maximum absolute atomic E-state index is 10.9. The molecule has 4 heteroatoms. The van der Waals surface area contributed by atoms with Gasteiger partial charge < -0.3 is 10.5 Å². The van der Waals surface area contributed by atoms with Crippen molar-refractivity contribution in [2.75, 3.05) is 6.61 Å². The molecule has 80 valence electrons. The van der Waals surface area contributed by atoms with Crippen molar-refractivity contribution >= 4 is 11.9 Å². The number of rotatable bonds is 6. The van der Waals surface area contributed by atoms with E-state index in [-0.39, 0.29) is 0 Å². The van der Waals surface area contributed by atoms with Crippen LogP contribution < -0.4 is 5.73 Å². The van der Waals surface area contributed by atoms with Crippen LogP contribution in [0.15, 0.2) is 12.2 Å². The van der Waals surface area contributed by atoms with Crippen molar-refractivity contribution in [3.8, 4) is 0 Å². The Morgan fingerprint density at radius 1 is 1.36 bits per heavy atom. The minimum Gasteiger partial charge on any atom is -0.463 e. The van der Waals surface area contributed by atoms with E-state index >= 15 is 0 Å². The summed E-state index contributed by atoms with van der Waals surface area (Å²) in [5.41, 5.74) is 4.80. The van der Waals surface area contributed by atoms with Crippen molar-refractivity contribution in [2.24, 2.45) is 11.7 Å². The van der Waals surface area contributed by atoms with E-state index in [4.69, 9.17) is 10.5 Å². The van der Waals surface area contributed by atoms with Gasteiger partial charge in [0.1, 0.15) is 0 Å². The lowest BCUT2D eigenvalue weighted by molar-refractivity contribution is -0.138. The van der Waals surface area contributed by atoms with Crippen LogP contribution in [0.5, 0.6) is 0 Å². The van der Waals surface area contributed by atoms with Gasteiger partial charge in [-0.1, -0.05) is 13.8 Å². The third kappa shape index (κ3) is 8.77. The molecule has 4 nitrogen and oxygen atoms in total. The summed E-state index contributed by atoms with van der Waals surface area (Å²) < 4.78 is 4.81. The molecule has 0 spiro atoms. The molecule has 0 saturated carbocycles. The fraction of sp³-hybridized carbons (Fsp3) is 0.600. The second kappa shape index (κ2) is 7.12. The van der Waals surface area contributed by atoms with E-state index in [0.29, 0.717) is 12.5 Å². The smallest absolute Gasteiger partial charge is 0.330 e. The summed E-state index contributed by atoms with van der Waals surface area (Å²) in [6.07, 6.45) is 3.89. The predicted molar refractivity (Wildman–Crippen MR) is 53.4 cm³/mol. The molecule has 0 saturated heterocycles. The van der Waals surface area contributed by atoms with Crippen molar-refractivity contribution in [3.63, 3.8) is 0 Å². The van der Waals surface area contributed by atoms with E-state index in [1.807, 2.05) is 0 Å². The SMILES string of the molecule is CC(C)CCCOC(=O)C=CC(N)=O. The lowest BCUT2D eigenvalue weighted by Gasteiger charge is -2.03. The number of nitrogens with two attached hydrogens (primary N) is 1. The Morgan fingerprint density at radius 2 is 2.00 bits per heavy atom. The molecule has 0 aliphatic heterocycles. The summed E-state index contributed by atoms with van der Waals surface area (Å²) in [7, 11) is 0. The summed E-state index contributed by atoms with van der Waals surface area (Å²) in [5.74, 6) is -0.563. The van der Waals surface area contributed by atoms with Gasteiger partial charge in [0, 0.05) is 12.2 Å². The number of ether oxygens (including phenoxy) is 1. The number of carbonyl (C=O) groups is 2. The molecule has 0 atom stereocenters. The Balaban J connectivity index is 3.50. The van der Waals surface area contributed by atoms with Gasteiger partial charge in [0.05, 0.1) is 6.61 Å². The molecule has 2 N–H and O–H groups in total. The van der Waals surface area contributed by atoms with Crippen molar-refractivity contribution in [1.82, 2.24) is 0 Å². The van der Waals surface area contributed by atoms with Crippen LogP contribution >= 0.6 is 0 Å². The monoisotopic (exact) mass is 199 g/mol. The topological polar surface area (TPSA) is 69.4 Å². The molecular formula is C10H17NO3. The minimum absolute atomic E-state index is 0.389. The molecule has 0 bridgehead atoms. The largest absolute Gasteiger partial charge is 0.463 e. The second-order valence-corrected chi connectivity index (χ2v) is 3.44. The average molecular weight is 199 g/mol. The van der Waals surface area contributed by atoms with E-state index in [1.165, 1.54) is 0 Å². The van der Waals surface area contributed by atoms with E-state index in [9.17, 15) is 9.59 Å². The first kappa shape index (κ1) is 12.7. The quantitative estimate of drug-likeness (QED) is 0.394. The summed E-state index contributed by atoms with van der Waals surface area (Å²) in [5, 5.41) is 0. The summed E-state index contributed by atoms with van der Waals surface area (Å²) in [6.45, 7) is 4.60. The summed E-state index contributed by atoms with van der Waals surface area (Å²) >= 11 is 0. The van der Waals surface area contributed by atoms with Crippen molar-refractivity contribution < 1.29 is 14.3 Å². The van der Waals surface area contributed by atoms with Crippen LogP contribution in [0.2, 0.25) is 0 Å². The Hall–Kier alpha value is -1.32. The van der Waals surface area contributed by atoms with Gasteiger partial charge in [-0.3, -0.25) is 4.79 Å². The minimum atomic E-state index is -0.649. The van der Waals surface area contributed by atoms with Gasteiger partial charge in [-0.2, -0.15) is 0 Å². The Morgan fingerprint density at radius 3 is 2.50 bits per heavy atom. The molecule has 0 aromatic carbocycles. The number of amides is 1. The van der Waals surface area contributed by atoms with Crippen LogP contribution in [-0.4, -0.2) is 18.5 Å². The molecule has 0 aliphatic carbocycles. The molecule has 0 unspecified atom stereocenters. The molecule has 0 rings (SSSR count). The number of carbonyl (C=O) groups excluding carboxylic acids is 2. The van der Waals surface area contributed by atoms with Gasteiger partial charge in [-0.15, -0.1) is 0 Å². The van der Waals surface area contributed by atoms with Gasteiger partial charge in [-0.05, 0) is 18.8 Å². The first-order valence-corrected chi connectivity index (χ1v) is 4.66. The van der Waals surface area contributed by atoms with Gasteiger partial charge in [0.15, 0.2) is 0 Å². The predicted octanol–water partition coefficient (Wildman–Crippen LogP) is 1.01. The standard InChI is InChI=1S/C10H17NO3/c1-8(2)4-3-7-14-10(13)6-5-9(11)12/h5-6,8H,3-4,7H2,1-2H3,(H2,11,12). The fourth-order valence-electron chi connectivity index (χ4n) is 0.863. The van der Waals surface area contributed by atoms with E-state index in [0.717, 1.165) is 25.0 Å². The first-order chi connectivity index (χ1) is 6.52. The highest BCUT2D eigenvalue weighted by Crippen LogP contribution is 2.03. The van der Waals surface area contributed by atoms with Crippen LogP contribution in [0.25, 0.3) is 0 Å². The summed E-state index contributed by atoms with van der Waals surface area (Å²) in [6, 6.07) is 0.